The second-order valence-corrected chi connectivity index (χ2v) is 8.14. The van der Waals surface area contributed by atoms with Gasteiger partial charge >= 0.3 is 0 Å². The first kappa shape index (κ1) is 20.8. The molecular formula is C20H26N2O4S. The summed E-state index contributed by atoms with van der Waals surface area (Å²) in [6.45, 7) is 3.66. The summed E-state index contributed by atoms with van der Waals surface area (Å²) in [4.78, 5) is 12.6. The summed E-state index contributed by atoms with van der Waals surface area (Å²) in [7, 11) is -2.39. The number of ether oxygens (including phenoxy) is 1. The standard InChI is InChI=1S/C20H26N2O4S/c1-4-8-16(2)21-20(23)15-22(17-9-6-5-7-10-17)27(24,25)19-13-11-18(26-3)12-14-19/h5-7,9-14,16H,4,8,15H2,1-3H3,(H,21,23)/t16-/m1/s1. The third-order valence-electron chi connectivity index (χ3n) is 4.11. The number of hydrogen-bond donors (Lipinski definition) is 1. The summed E-state index contributed by atoms with van der Waals surface area (Å²) in [5.74, 6) is 0.225. The largest absolute Gasteiger partial charge is 0.497 e. The predicted molar refractivity (Wildman–Crippen MR) is 106 cm³/mol. The van der Waals surface area contributed by atoms with E-state index < -0.39 is 10.0 Å². The molecule has 1 N–H and O–H groups in total. The third-order valence-corrected chi connectivity index (χ3v) is 5.90. The van der Waals surface area contributed by atoms with Crippen molar-refractivity contribution in [1.29, 1.82) is 0 Å². The Morgan fingerprint density at radius 3 is 2.30 bits per heavy atom. The molecule has 0 aliphatic heterocycles. The van der Waals surface area contributed by atoms with Crippen molar-refractivity contribution in [2.75, 3.05) is 18.0 Å². The fraction of sp³-hybridized carbons (Fsp3) is 0.350. The molecule has 0 saturated carbocycles. The summed E-state index contributed by atoms with van der Waals surface area (Å²) in [5, 5.41) is 2.86. The van der Waals surface area contributed by atoms with E-state index in [0.29, 0.717) is 11.4 Å². The van der Waals surface area contributed by atoms with E-state index >= 15 is 0 Å². The van der Waals surface area contributed by atoms with Gasteiger partial charge in [-0.15, -0.1) is 0 Å². The zero-order valence-corrected chi connectivity index (χ0v) is 16.7. The van der Waals surface area contributed by atoms with E-state index in [0.717, 1.165) is 17.1 Å². The first-order chi connectivity index (χ1) is 12.9. The summed E-state index contributed by atoms with van der Waals surface area (Å²) in [6.07, 6.45) is 1.77. The number of para-hydroxylation sites is 1. The molecule has 2 rings (SSSR count). The molecule has 7 heteroatoms. The minimum Gasteiger partial charge on any atom is -0.497 e. The fourth-order valence-electron chi connectivity index (χ4n) is 2.74. The van der Waals surface area contributed by atoms with Gasteiger partial charge in [-0.2, -0.15) is 0 Å². The third kappa shape index (κ3) is 5.47. The number of nitrogens with one attached hydrogen (secondary N) is 1. The van der Waals surface area contributed by atoms with Crippen LogP contribution in [0.3, 0.4) is 0 Å². The van der Waals surface area contributed by atoms with E-state index in [9.17, 15) is 13.2 Å². The number of benzene rings is 2. The van der Waals surface area contributed by atoms with Crippen LogP contribution in [0.25, 0.3) is 0 Å². The van der Waals surface area contributed by atoms with Gasteiger partial charge in [0.1, 0.15) is 12.3 Å². The van der Waals surface area contributed by atoms with Crippen LogP contribution < -0.4 is 14.4 Å². The average Bonchev–Trinajstić information content (AvgIpc) is 2.67. The maximum atomic E-state index is 13.2. The lowest BCUT2D eigenvalue weighted by Crippen LogP contribution is -2.43. The molecule has 1 atom stereocenters. The van der Waals surface area contributed by atoms with Gasteiger partial charge in [0.2, 0.25) is 5.91 Å². The first-order valence-corrected chi connectivity index (χ1v) is 10.3. The van der Waals surface area contributed by atoms with Crippen LogP contribution in [0.4, 0.5) is 5.69 Å². The zero-order chi connectivity index (χ0) is 19.9. The van der Waals surface area contributed by atoms with Crippen molar-refractivity contribution in [3.05, 3.63) is 54.6 Å². The Kier molecular flexibility index (Phi) is 7.24. The van der Waals surface area contributed by atoms with Crippen LogP contribution in [0.1, 0.15) is 26.7 Å². The van der Waals surface area contributed by atoms with Crippen molar-refractivity contribution in [3.8, 4) is 5.75 Å². The summed E-state index contributed by atoms with van der Waals surface area (Å²) < 4.78 is 32.6. The van der Waals surface area contributed by atoms with Crippen molar-refractivity contribution in [3.63, 3.8) is 0 Å². The molecule has 2 aromatic rings. The normalized spacial score (nSPS) is 12.3. The lowest BCUT2D eigenvalue weighted by atomic mass is 10.2. The molecule has 27 heavy (non-hydrogen) atoms. The van der Waals surface area contributed by atoms with Crippen LogP contribution >= 0.6 is 0 Å². The number of anilines is 1. The molecule has 6 nitrogen and oxygen atoms in total. The zero-order valence-electron chi connectivity index (χ0n) is 15.9. The average molecular weight is 391 g/mol. The summed E-state index contributed by atoms with van der Waals surface area (Å²) >= 11 is 0. The number of hydrogen-bond acceptors (Lipinski definition) is 4. The molecule has 0 heterocycles. The van der Waals surface area contributed by atoms with Crippen molar-refractivity contribution in [2.24, 2.45) is 0 Å². The molecule has 0 fully saturated rings. The van der Waals surface area contributed by atoms with Gasteiger partial charge in [-0.3, -0.25) is 9.10 Å². The van der Waals surface area contributed by atoms with Crippen molar-refractivity contribution >= 4 is 21.6 Å². The van der Waals surface area contributed by atoms with E-state index in [1.54, 1.807) is 42.5 Å². The van der Waals surface area contributed by atoms with Gasteiger partial charge in [-0.1, -0.05) is 31.5 Å². The highest BCUT2D eigenvalue weighted by atomic mass is 32.2. The molecule has 0 saturated heterocycles. The van der Waals surface area contributed by atoms with Crippen LogP contribution in [-0.2, 0) is 14.8 Å². The van der Waals surface area contributed by atoms with E-state index in [4.69, 9.17) is 4.74 Å². The topological polar surface area (TPSA) is 75.7 Å². The molecule has 1 amide bonds. The quantitative estimate of drug-likeness (QED) is 0.713. The minimum absolute atomic E-state index is 0.0104. The highest BCUT2D eigenvalue weighted by molar-refractivity contribution is 7.92. The number of sulfonamides is 1. The van der Waals surface area contributed by atoms with Crippen molar-refractivity contribution < 1.29 is 17.9 Å². The number of methoxy groups -OCH3 is 1. The van der Waals surface area contributed by atoms with Gasteiger partial charge in [-0.05, 0) is 49.7 Å². The smallest absolute Gasteiger partial charge is 0.264 e. The second-order valence-electron chi connectivity index (χ2n) is 6.28. The van der Waals surface area contributed by atoms with Crippen LogP contribution in [0.15, 0.2) is 59.5 Å². The molecule has 2 aromatic carbocycles. The van der Waals surface area contributed by atoms with Crippen LogP contribution in [0.2, 0.25) is 0 Å². The minimum atomic E-state index is -3.91. The summed E-state index contributed by atoms with van der Waals surface area (Å²) in [5.41, 5.74) is 0.437. The molecule has 146 valence electrons. The first-order valence-electron chi connectivity index (χ1n) is 8.89. The number of carbonyl (C=O) groups is 1. The van der Waals surface area contributed by atoms with Gasteiger partial charge in [-0.25, -0.2) is 8.42 Å². The molecule has 0 spiro atoms. The Morgan fingerprint density at radius 1 is 1.11 bits per heavy atom. The van der Waals surface area contributed by atoms with Crippen molar-refractivity contribution in [2.45, 2.75) is 37.6 Å². The van der Waals surface area contributed by atoms with Crippen LogP contribution in [0.5, 0.6) is 5.75 Å². The van der Waals surface area contributed by atoms with E-state index in [1.807, 2.05) is 13.8 Å². The van der Waals surface area contributed by atoms with Crippen molar-refractivity contribution in [1.82, 2.24) is 5.32 Å². The highest BCUT2D eigenvalue weighted by Crippen LogP contribution is 2.24. The van der Waals surface area contributed by atoms with Crippen LogP contribution in [-0.4, -0.2) is 34.0 Å². The lowest BCUT2D eigenvalue weighted by molar-refractivity contribution is -0.120. The SMILES string of the molecule is CCC[C@@H](C)NC(=O)CN(c1ccccc1)S(=O)(=O)c1ccc(OC)cc1. The Balaban J connectivity index is 2.33. The van der Waals surface area contributed by atoms with Gasteiger partial charge in [0, 0.05) is 6.04 Å². The Hall–Kier alpha value is -2.54. The molecule has 0 aromatic heterocycles. The highest BCUT2D eigenvalue weighted by Gasteiger charge is 2.27. The fourth-order valence-corrected chi connectivity index (χ4v) is 4.16. The second kappa shape index (κ2) is 9.41. The number of nitrogens with zero attached hydrogens (tertiary/aromatic N) is 1. The van der Waals surface area contributed by atoms with Gasteiger partial charge in [0.05, 0.1) is 17.7 Å². The molecule has 0 aliphatic rings. The molecule has 0 aliphatic carbocycles. The Bertz CT molecular complexity index is 836. The van der Waals surface area contributed by atoms with Gasteiger partial charge < -0.3 is 10.1 Å². The maximum Gasteiger partial charge on any atom is 0.264 e. The van der Waals surface area contributed by atoms with E-state index in [-0.39, 0.29) is 23.4 Å². The van der Waals surface area contributed by atoms with E-state index in [2.05, 4.69) is 5.32 Å². The predicted octanol–water partition coefficient (Wildman–Crippen LogP) is 3.20. The molecular weight excluding hydrogens is 364 g/mol. The molecule has 0 radical (unpaired) electrons. The monoisotopic (exact) mass is 390 g/mol. The van der Waals surface area contributed by atoms with Crippen LogP contribution in [0, 0.1) is 0 Å². The number of carbonyl (C=O) groups excluding carboxylic acids is 1. The number of rotatable bonds is 9. The molecule has 0 unspecified atom stereocenters. The lowest BCUT2D eigenvalue weighted by Gasteiger charge is -2.25. The Morgan fingerprint density at radius 2 is 1.74 bits per heavy atom. The van der Waals surface area contributed by atoms with Gasteiger partial charge in [0.25, 0.3) is 10.0 Å². The summed E-state index contributed by atoms with van der Waals surface area (Å²) in [6, 6.07) is 14.7. The van der Waals surface area contributed by atoms with E-state index in [1.165, 1.54) is 19.2 Å². The molecule has 0 bridgehead atoms. The Labute approximate surface area is 161 Å². The number of amides is 1. The maximum absolute atomic E-state index is 13.2. The van der Waals surface area contributed by atoms with Gasteiger partial charge in [0.15, 0.2) is 0 Å².